The van der Waals surface area contributed by atoms with Crippen LogP contribution in [0, 0.1) is 0 Å². The largest absolute Gasteiger partial charge is 0.407 e. The Hall–Kier alpha value is -1.18. The van der Waals surface area contributed by atoms with E-state index in [1.54, 1.807) is 7.11 Å². The van der Waals surface area contributed by atoms with E-state index >= 15 is 0 Å². The highest BCUT2D eigenvalue weighted by Gasteiger charge is 2.32. The number of aromatic nitrogens is 2. The Bertz CT molecular complexity index is 425. The molecule has 1 atom stereocenters. The molecule has 2 aliphatic heterocycles. The van der Waals surface area contributed by atoms with Gasteiger partial charge in [-0.25, -0.2) is 0 Å². The number of piperazine rings is 1. The zero-order chi connectivity index (χ0) is 13.8. The number of rotatable bonds is 6. The summed E-state index contributed by atoms with van der Waals surface area (Å²) in [5.41, 5.74) is 0. The van der Waals surface area contributed by atoms with E-state index in [1.165, 1.54) is 19.4 Å². The van der Waals surface area contributed by atoms with Crippen molar-refractivity contribution in [3.63, 3.8) is 0 Å². The molecule has 1 aromatic rings. The molecule has 0 aromatic carbocycles. The van der Waals surface area contributed by atoms with Gasteiger partial charge in [-0.15, -0.1) is 5.10 Å². The van der Waals surface area contributed by atoms with Crippen LogP contribution in [0.5, 0.6) is 0 Å². The van der Waals surface area contributed by atoms with Crippen molar-refractivity contribution in [1.29, 1.82) is 0 Å². The first-order valence-corrected chi connectivity index (χ1v) is 7.38. The van der Waals surface area contributed by atoms with Crippen LogP contribution in [-0.4, -0.2) is 67.6 Å². The minimum absolute atomic E-state index is 0.597. The van der Waals surface area contributed by atoms with E-state index in [-0.39, 0.29) is 0 Å². The van der Waals surface area contributed by atoms with Gasteiger partial charge < -0.3 is 19.4 Å². The summed E-state index contributed by atoms with van der Waals surface area (Å²) in [6, 6.07) is 1.33. The van der Waals surface area contributed by atoms with Gasteiger partial charge in [0, 0.05) is 39.3 Å². The average molecular weight is 281 g/mol. The first-order valence-electron chi connectivity index (χ1n) is 7.38. The molecule has 0 aliphatic carbocycles. The van der Waals surface area contributed by atoms with E-state index in [0.717, 1.165) is 26.2 Å². The van der Waals surface area contributed by atoms with Crippen LogP contribution in [0.25, 0.3) is 0 Å². The van der Waals surface area contributed by atoms with Gasteiger partial charge in [-0.1, -0.05) is 5.10 Å². The fourth-order valence-corrected chi connectivity index (χ4v) is 2.98. The normalized spacial score (nSPS) is 23.2. The van der Waals surface area contributed by atoms with E-state index < -0.39 is 0 Å². The molecule has 2 aliphatic rings. The third kappa shape index (κ3) is 3.11. The van der Waals surface area contributed by atoms with Gasteiger partial charge in [-0.3, -0.25) is 4.90 Å². The van der Waals surface area contributed by atoms with Gasteiger partial charge in [0.1, 0.15) is 0 Å². The van der Waals surface area contributed by atoms with Crippen molar-refractivity contribution in [2.45, 2.75) is 25.4 Å². The Morgan fingerprint density at radius 3 is 3.20 bits per heavy atom. The van der Waals surface area contributed by atoms with Crippen LogP contribution in [-0.2, 0) is 11.3 Å². The van der Waals surface area contributed by atoms with Crippen LogP contribution in [0.2, 0.25) is 0 Å². The maximum absolute atomic E-state index is 5.73. The lowest BCUT2D eigenvalue weighted by molar-refractivity contribution is 0.198. The molecule has 3 rings (SSSR count). The molecule has 112 valence electrons. The Morgan fingerprint density at radius 1 is 1.35 bits per heavy atom. The zero-order valence-corrected chi connectivity index (χ0v) is 12.0. The predicted molar refractivity (Wildman–Crippen MR) is 74.7 cm³/mol. The lowest BCUT2D eigenvalue weighted by Gasteiger charge is -2.36. The first-order chi connectivity index (χ1) is 9.86. The van der Waals surface area contributed by atoms with E-state index in [2.05, 4.69) is 25.3 Å². The van der Waals surface area contributed by atoms with Crippen molar-refractivity contribution < 1.29 is 9.15 Å². The van der Waals surface area contributed by atoms with Gasteiger partial charge in [0.05, 0.1) is 13.2 Å². The minimum Gasteiger partial charge on any atom is -0.407 e. The third-order valence-electron chi connectivity index (χ3n) is 4.07. The quantitative estimate of drug-likeness (QED) is 0.741. The molecule has 0 bridgehead atoms. The lowest BCUT2D eigenvalue weighted by Crippen LogP contribution is -2.50. The number of hydrogen-bond acceptors (Lipinski definition) is 7. The molecule has 1 N–H and O–H groups in total. The molecular formula is C13H23N5O2. The second-order valence-corrected chi connectivity index (χ2v) is 5.43. The molecule has 1 aromatic heterocycles. The highest BCUT2D eigenvalue weighted by Crippen LogP contribution is 2.24. The first kappa shape index (κ1) is 13.8. The topological polar surface area (TPSA) is 66.7 Å². The summed E-state index contributed by atoms with van der Waals surface area (Å²) in [6.45, 7) is 6.42. The second kappa shape index (κ2) is 6.51. The summed E-state index contributed by atoms with van der Waals surface area (Å²) in [5.74, 6) is 0.643. The Labute approximate surface area is 119 Å². The van der Waals surface area contributed by atoms with Crippen molar-refractivity contribution in [1.82, 2.24) is 20.4 Å². The van der Waals surface area contributed by atoms with Crippen molar-refractivity contribution in [2.75, 3.05) is 51.3 Å². The van der Waals surface area contributed by atoms with Crippen molar-refractivity contribution in [2.24, 2.45) is 0 Å². The molecule has 7 nitrogen and oxygen atoms in total. The van der Waals surface area contributed by atoms with E-state index in [4.69, 9.17) is 9.15 Å². The van der Waals surface area contributed by atoms with Gasteiger partial charge in [0.2, 0.25) is 5.89 Å². The van der Waals surface area contributed by atoms with Crippen LogP contribution in [0.3, 0.4) is 0 Å². The molecule has 20 heavy (non-hydrogen) atoms. The van der Waals surface area contributed by atoms with Gasteiger partial charge in [-0.2, -0.15) is 0 Å². The van der Waals surface area contributed by atoms with Gasteiger partial charge in [0.25, 0.3) is 0 Å². The Morgan fingerprint density at radius 2 is 2.30 bits per heavy atom. The lowest BCUT2D eigenvalue weighted by atomic mass is 10.2. The van der Waals surface area contributed by atoms with Crippen molar-refractivity contribution in [3.8, 4) is 0 Å². The molecular weight excluding hydrogens is 258 g/mol. The number of fused-ring (bicyclic) bond motifs is 1. The Kier molecular flexibility index (Phi) is 4.49. The predicted octanol–water partition coefficient (Wildman–Crippen LogP) is 0.0900. The van der Waals surface area contributed by atoms with Crippen LogP contribution >= 0.6 is 0 Å². The van der Waals surface area contributed by atoms with Crippen molar-refractivity contribution in [3.05, 3.63) is 5.89 Å². The summed E-state index contributed by atoms with van der Waals surface area (Å²) in [5, 5.41) is 11.5. The third-order valence-corrected chi connectivity index (χ3v) is 4.07. The second-order valence-electron chi connectivity index (χ2n) is 5.43. The fourth-order valence-electron chi connectivity index (χ4n) is 2.98. The monoisotopic (exact) mass is 281 g/mol. The SMILES string of the molecule is COCCNCc1nnc(N2CCN3CCCC3C2)o1. The molecule has 1 unspecified atom stereocenters. The molecule has 2 fully saturated rings. The number of nitrogens with zero attached hydrogens (tertiary/aromatic N) is 4. The van der Waals surface area contributed by atoms with Crippen LogP contribution < -0.4 is 10.2 Å². The molecule has 0 spiro atoms. The zero-order valence-electron chi connectivity index (χ0n) is 12.0. The molecule has 0 radical (unpaired) electrons. The standard InChI is InChI=1S/C13H23N5O2/c1-19-8-4-14-9-12-15-16-13(20-12)18-7-6-17-5-2-3-11(17)10-18/h11,14H,2-10H2,1H3. The summed E-state index contributed by atoms with van der Waals surface area (Å²) >= 11 is 0. The minimum atomic E-state index is 0.597. The number of nitrogens with one attached hydrogen (secondary N) is 1. The molecule has 3 heterocycles. The van der Waals surface area contributed by atoms with Crippen LogP contribution in [0.1, 0.15) is 18.7 Å². The number of methoxy groups -OCH3 is 1. The smallest absolute Gasteiger partial charge is 0.318 e. The van der Waals surface area contributed by atoms with Gasteiger partial charge >= 0.3 is 6.01 Å². The number of hydrogen-bond donors (Lipinski definition) is 1. The number of ether oxygens (including phenoxy) is 1. The van der Waals surface area contributed by atoms with Crippen molar-refractivity contribution >= 4 is 6.01 Å². The highest BCUT2D eigenvalue weighted by molar-refractivity contribution is 5.26. The molecule has 0 amide bonds. The summed E-state index contributed by atoms with van der Waals surface area (Å²) < 4.78 is 10.7. The Balaban J connectivity index is 1.51. The van der Waals surface area contributed by atoms with Gasteiger partial charge in [0.15, 0.2) is 0 Å². The number of anilines is 1. The summed E-state index contributed by atoms with van der Waals surface area (Å²) in [6.07, 6.45) is 2.60. The highest BCUT2D eigenvalue weighted by atomic mass is 16.5. The maximum Gasteiger partial charge on any atom is 0.318 e. The van der Waals surface area contributed by atoms with Gasteiger partial charge in [-0.05, 0) is 19.4 Å². The molecule has 7 heteroatoms. The summed E-state index contributed by atoms with van der Waals surface area (Å²) in [4.78, 5) is 4.79. The molecule has 0 saturated carbocycles. The van der Waals surface area contributed by atoms with Crippen LogP contribution in [0.15, 0.2) is 4.42 Å². The van der Waals surface area contributed by atoms with E-state index in [0.29, 0.717) is 31.1 Å². The molecule has 2 saturated heterocycles. The maximum atomic E-state index is 5.73. The van der Waals surface area contributed by atoms with E-state index in [9.17, 15) is 0 Å². The average Bonchev–Trinajstić information content (AvgIpc) is 3.11. The van der Waals surface area contributed by atoms with Crippen LogP contribution in [0.4, 0.5) is 6.01 Å². The fraction of sp³-hybridized carbons (Fsp3) is 0.846. The summed E-state index contributed by atoms with van der Waals surface area (Å²) in [7, 11) is 1.69. The van der Waals surface area contributed by atoms with E-state index in [1.807, 2.05) is 0 Å².